The van der Waals surface area contributed by atoms with Crippen molar-refractivity contribution in [2.24, 2.45) is 11.8 Å². The molecule has 0 fully saturated rings. The predicted octanol–water partition coefficient (Wildman–Crippen LogP) is 2.39. The maximum absolute atomic E-state index is 12.3. The van der Waals surface area contributed by atoms with E-state index in [0.29, 0.717) is 18.7 Å². The highest BCUT2D eigenvalue weighted by Gasteiger charge is 2.23. The lowest BCUT2D eigenvalue weighted by molar-refractivity contribution is -0.139. The van der Waals surface area contributed by atoms with Crippen LogP contribution in [0.1, 0.15) is 26.3 Å². The highest BCUT2D eigenvalue weighted by molar-refractivity contribution is 8.13. The molecule has 0 aliphatic heterocycles. The minimum Gasteiger partial charge on any atom is -0.480 e. The summed E-state index contributed by atoms with van der Waals surface area (Å²) in [5.74, 6) is -0.956. The number of carbonyl (C=O) groups is 3. The van der Waals surface area contributed by atoms with Crippen LogP contribution in [0.5, 0.6) is 0 Å². The van der Waals surface area contributed by atoms with Crippen molar-refractivity contribution in [2.45, 2.75) is 33.2 Å². The Kier molecular flexibility index (Phi) is 8.71. The maximum Gasteiger partial charge on any atom is 0.321 e. The Balaban J connectivity index is 2.52. The topological polar surface area (TPSA) is 83.5 Å². The van der Waals surface area contributed by atoms with Crippen LogP contribution in [0.15, 0.2) is 30.3 Å². The van der Waals surface area contributed by atoms with Gasteiger partial charge in [0.2, 0.25) is 0 Å². The molecule has 0 spiro atoms. The van der Waals surface area contributed by atoms with Gasteiger partial charge in [0.25, 0.3) is 0 Å². The van der Waals surface area contributed by atoms with Gasteiger partial charge in [-0.1, -0.05) is 55.9 Å². The van der Waals surface area contributed by atoms with Gasteiger partial charge in [-0.15, -0.1) is 0 Å². The standard InChI is InChI=1S/C18H25NO4S/c1-12(17(21)13(2)11-24-14(3)20)10-19-16(18(22)23)9-15-7-5-4-6-8-15/h4-8,12-13,16,19H,9-11H2,1-3H3,(H,22,23)/t12?,13-,16?/m1/s1. The van der Waals surface area contributed by atoms with Crippen molar-refractivity contribution in [3.8, 4) is 0 Å². The van der Waals surface area contributed by atoms with Gasteiger partial charge in [-0.05, 0) is 12.0 Å². The first-order valence-corrected chi connectivity index (χ1v) is 8.97. The van der Waals surface area contributed by atoms with Gasteiger partial charge in [-0.3, -0.25) is 14.4 Å². The molecule has 1 aromatic carbocycles. The summed E-state index contributed by atoms with van der Waals surface area (Å²) >= 11 is 1.14. The molecule has 0 heterocycles. The molecule has 0 aliphatic rings. The Morgan fingerprint density at radius 2 is 1.75 bits per heavy atom. The average molecular weight is 351 g/mol. The molecule has 0 aliphatic carbocycles. The fourth-order valence-corrected chi connectivity index (χ4v) is 2.98. The summed E-state index contributed by atoms with van der Waals surface area (Å²) in [6, 6.07) is 8.65. The third kappa shape index (κ3) is 7.27. The summed E-state index contributed by atoms with van der Waals surface area (Å²) in [5.41, 5.74) is 0.933. The van der Waals surface area contributed by atoms with Crippen LogP contribution in [0.2, 0.25) is 0 Å². The number of aliphatic carboxylic acids is 1. The van der Waals surface area contributed by atoms with Crippen molar-refractivity contribution in [1.82, 2.24) is 5.32 Å². The fraction of sp³-hybridized carbons (Fsp3) is 0.500. The molecule has 1 aromatic rings. The molecule has 0 bridgehead atoms. The Morgan fingerprint density at radius 1 is 1.12 bits per heavy atom. The van der Waals surface area contributed by atoms with Crippen LogP contribution in [-0.4, -0.2) is 40.3 Å². The molecule has 1 rings (SSSR count). The van der Waals surface area contributed by atoms with Gasteiger partial charge in [-0.25, -0.2) is 0 Å². The monoisotopic (exact) mass is 351 g/mol. The first kappa shape index (κ1) is 20.4. The molecule has 2 N–H and O–H groups in total. The first-order chi connectivity index (χ1) is 11.3. The molecule has 0 amide bonds. The number of ketones is 1. The molecule has 5 nitrogen and oxygen atoms in total. The molecular weight excluding hydrogens is 326 g/mol. The second kappa shape index (κ2) is 10.3. The van der Waals surface area contributed by atoms with Crippen LogP contribution in [0, 0.1) is 11.8 Å². The van der Waals surface area contributed by atoms with Crippen LogP contribution in [-0.2, 0) is 20.8 Å². The van der Waals surface area contributed by atoms with E-state index in [1.165, 1.54) is 6.92 Å². The number of carboxylic acids is 1. The van der Waals surface area contributed by atoms with Crippen molar-refractivity contribution in [2.75, 3.05) is 12.3 Å². The number of Topliss-reactive ketones (excluding diaryl/α,β-unsaturated/α-hetero) is 1. The third-order valence-corrected chi connectivity index (χ3v) is 4.83. The van der Waals surface area contributed by atoms with Crippen molar-refractivity contribution in [3.05, 3.63) is 35.9 Å². The molecule has 132 valence electrons. The van der Waals surface area contributed by atoms with Crippen molar-refractivity contribution >= 4 is 28.6 Å². The van der Waals surface area contributed by atoms with E-state index in [0.717, 1.165) is 17.3 Å². The van der Waals surface area contributed by atoms with Gasteiger partial charge >= 0.3 is 5.97 Å². The van der Waals surface area contributed by atoms with Crippen LogP contribution >= 0.6 is 11.8 Å². The van der Waals surface area contributed by atoms with Crippen LogP contribution in [0.4, 0.5) is 0 Å². The summed E-state index contributed by atoms with van der Waals surface area (Å²) in [6.07, 6.45) is 0.368. The van der Waals surface area contributed by atoms with Gasteiger partial charge in [-0.2, -0.15) is 0 Å². The smallest absolute Gasteiger partial charge is 0.321 e. The first-order valence-electron chi connectivity index (χ1n) is 7.98. The zero-order valence-electron chi connectivity index (χ0n) is 14.3. The Hall–Kier alpha value is -1.66. The maximum atomic E-state index is 12.3. The fourth-order valence-electron chi connectivity index (χ4n) is 2.33. The SMILES string of the molecule is CC(=O)SC[C@@H](C)C(=O)C(C)CNC(Cc1ccccc1)C(=O)O. The third-order valence-electron chi connectivity index (χ3n) is 3.76. The number of carbonyl (C=O) groups excluding carboxylic acids is 2. The van der Waals surface area contributed by atoms with E-state index in [-0.39, 0.29) is 22.7 Å². The molecule has 6 heteroatoms. The zero-order valence-corrected chi connectivity index (χ0v) is 15.1. The van der Waals surface area contributed by atoms with Crippen LogP contribution < -0.4 is 5.32 Å². The van der Waals surface area contributed by atoms with E-state index < -0.39 is 12.0 Å². The molecular formula is C18H25NO4S. The summed E-state index contributed by atoms with van der Waals surface area (Å²) in [6.45, 7) is 5.37. The predicted molar refractivity (Wildman–Crippen MR) is 96.0 cm³/mol. The van der Waals surface area contributed by atoms with E-state index >= 15 is 0 Å². The molecule has 2 unspecified atom stereocenters. The summed E-state index contributed by atoms with van der Waals surface area (Å²) < 4.78 is 0. The van der Waals surface area contributed by atoms with E-state index in [4.69, 9.17) is 0 Å². The largest absolute Gasteiger partial charge is 0.480 e. The van der Waals surface area contributed by atoms with Crippen LogP contribution in [0.3, 0.4) is 0 Å². The molecule has 24 heavy (non-hydrogen) atoms. The number of rotatable bonds is 10. The summed E-state index contributed by atoms with van der Waals surface area (Å²) in [7, 11) is 0. The second-order valence-electron chi connectivity index (χ2n) is 6.00. The molecule has 0 saturated carbocycles. The van der Waals surface area contributed by atoms with E-state index in [1.807, 2.05) is 30.3 Å². The van der Waals surface area contributed by atoms with Gasteiger partial charge in [0.1, 0.15) is 11.8 Å². The lowest BCUT2D eigenvalue weighted by atomic mass is 9.96. The number of carboxylic acid groups (broad SMARTS) is 1. The van der Waals surface area contributed by atoms with Gasteiger partial charge in [0.15, 0.2) is 5.12 Å². The molecule has 0 radical (unpaired) electrons. The number of nitrogens with one attached hydrogen (secondary N) is 1. The minimum atomic E-state index is -0.932. The Bertz CT molecular complexity index is 561. The number of hydrogen-bond donors (Lipinski definition) is 2. The molecule has 0 saturated heterocycles. The number of benzene rings is 1. The Labute approximate surface area is 147 Å². The molecule has 0 aromatic heterocycles. The van der Waals surface area contributed by atoms with Gasteiger partial charge < -0.3 is 10.4 Å². The quantitative estimate of drug-likeness (QED) is 0.673. The van der Waals surface area contributed by atoms with Gasteiger partial charge in [0.05, 0.1) is 0 Å². The second-order valence-corrected chi connectivity index (χ2v) is 7.19. The average Bonchev–Trinajstić information content (AvgIpc) is 2.55. The highest BCUT2D eigenvalue weighted by Crippen LogP contribution is 2.14. The lowest BCUT2D eigenvalue weighted by Gasteiger charge is -2.19. The molecule has 3 atom stereocenters. The van der Waals surface area contributed by atoms with Crippen LogP contribution in [0.25, 0.3) is 0 Å². The highest BCUT2D eigenvalue weighted by atomic mass is 32.2. The summed E-state index contributed by atoms with van der Waals surface area (Å²) in [4.78, 5) is 34.7. The number of thioether (sulfide) groups is 1. The van der Waals surface area contributed by atoms with Crippen molar-refractivity contribution < 1.29 is 19.5 Å². The van der Waals surface area contributed by atoms with Gasteiger partial charge in [0, 0.05) is 31.1 Å². The zero-order chi connectivity index (χ0) is 18.1. The van der Waals surface area contributed by atoms with Crippen molar-refractivity contribution in [3.63, 3.8) is 0 Å². The van der Waals surface area contributed by atoms with E-state index in [1.54, 1.807) is 13.8 Å². The van der Waals surface area contributed by atoms with Crippen molar-refractivity contribution in [1.29, 1.82) is 0 Å². The minimum absolute atomic E-state index is 0.00534. The van der Waals surface area contributed by atoms with E-state index in [2.05, 4.69) is 5.32 Å². The van der Waals surface area contributed by atoms with E-state index in [9.17, 15) is 19.5 Å². The summed E-state index contributed by atoms with van der Waals surface area (Å²) in [5, 5.41) is 12.3. The normalized spacial score (nSPS) is 14.6. The number of hydrogen-bond acceptors (Lipinski definition) is 5. The lowest BCUT2D eigenvalue weighted by Crippen LogP contribution is -2.42. The Morgan fingerprint density at radius 3 is 2.29 bits per heavy atom.